The molecule has 25 heavy (non-hydrogen) atoms. The number of hydrogen-bond donors (Lipinski definition) is 1. The molecule has 1 N–H and O–H groups in total. The van der Waals surface area contributed by atoms with Gasteiger partial charge in [-0.1, -0.05) is 56.3 Å². The predicted molar refractivity (Wildman–Crippen MR) is 107 cm³/mol. The van der Waals surface area contributed by atoms with E-state index in [0.29, 0.717) is 0 Å². The van der Waals surface area contributed by atoms with Gasteiger partial charge >= 0.3 is 0 Å². The van der Waals surface area contributed by atoms with Crippen LogP contribution in [0.3, 0.4) is 0 Å². The molecule has 3 heteroatoms. The molecule has 0 aromatic heterocycles. The molecule has 0 amide bonds. The van der Waals surface area contributed by atoms with Crippen molar-refractivity contribution in [2.45, 2.75) is 25.7 Å². The zero-order chi connectivity index (χ0) is 18.1. The third-order valence-corrected chi connectivity index (χ3v) is 4.57. The fraction of sp³-hybridized carbons (Fsp3) is 0.455. The Morgan fingerprint density at radius 1 is 0.880 bits per heavy atom. The lowest BCUT2D eigenvalue weighted by Gasteiger charge is -2.26. The molecule has 2 rings (SSSR count). The fourth-order valence-corrected chi connectivity index (χ4v) is 2.80. The third kappa shape index (κ3) is 6.18. The quantitative estimate of drug-likeness (QED) is 0.663. The van der Waals surface area contributed by atoms with Crippen LogP contribution in [0.5, 0.6) is 5.75 Å². The van der Waals surface area contributed by atoms with Crippen molar-refractivity contribution < 1.29 is 4.74 Å². The molecule has 0 saturated carbocycles. The van der Waals surface area contributed by atoms with E-state index in [1.165, 1.54) is 11.1 Å². The minimum Gasteiger partial charge on any atom is -0.494 e. The number of hydrogen-bond acceptors (Lipinski definition) is 3. The molecule has 136 valence electrons. The van der Waals surface area contributed by atoms with Crippen LogP contribution in [0.4, 0.5) is 0 Å². The van der Waals surface area contributed by atoms with Crippen LogP contribution in [0.2, 0.25) is 0 Å². The van der Waals surface area contributed by atoms with Crippen LogP contribution in [0, 0.1) is 0 Å². The standard InChI is InChI=1S/C22H32N2O/c1-22(2,19-9-6-5-7-10-19)20-11-13-21(14-12-20)25-18-8-15-23-16-17-24(3)4/h5-7,9-14,23H,8,15-18H2,1-4H3. The van der Waals surface area contributed by atoms with Gasteiger partial charge < -0.3 is 15.0 Å². The Kier molecular flexibility index (Phi) is 7.48. The first-order valence-corrected chi connectivity index (χ1v) is 9.14. The molecule has 0 aliphatic carbocycles. The van der Waals surface area contributed by atoms with E-state index in [9.17, 15) is 0 Å². The van der Waals surface area contributed by atoms with E-state index in [1.807, 2.05) is 0 Å². The monoisotopic (exact) mass is 340 g/mol. The molecule has 0 unspecified atom stereocenters. The summed E-state index contributed by atoms with van der Waals surface area (Å²) in [5.74, 6) is 0.945. The zero-order valence-electron chi connectivity index (χ0n) is 16.1. The number of nitrogens with zero attached hydrogens (tertiary/aromatic N) is 1. The van der Waals surface area contributed by atoms with Gasteiger partial charge in [-0.25, -0.2) is 0 Å². The molecule has 0 radical (unpaired) electrons. The average molecular weight is 341 g/mol. The van der Waals surface area contributed by atoms with Crippen molar-refractivity contribution in [3.63, 3.8) is 0 Å². The van der Waals surface area contributed by atoms with Crippen molar-refractivity contribution in [3.8, 4) is 5.75 Å². The molecule has 0 fully saturated rings. The van der Waals surface area contributed by atoms with E-state index in [-0.39, 0.29) is 5.41 Å². The highest BCUT2D eigenvalue weighted by Crippen LogP contribution is 2.32. The van der Waals surface area contributed by atoms with E-state index >= 15 is 0 Å². The Bertz CT molecular complexity index is 606. The molecule has 0 saturated heterocycles. The summed E-state index contributed by atoms with van der Waals surface area (Å²) in [6.07, 6.45) is 1.02. The normalized spacial score (nSPS) is 11.7. The first-order valence-electron chi connectivity index (χ1n) is 9.14. The Morgan fingerprint density at radius 2 is 1.52 bits per heavy atom. The fourth-order valence-electron chi connectivity index (χ4n) is 2.80. The van der Waals surface area contributed by atoms with Gasteiger partial charge in [-0.15, -0.1) is 0 Å². The number of rotatable bonds is 10. The molecule has 0 spiro atoms. The van der Waals surface area contributed by atoms with Crippen molar-refractivity contribution in [1.29, 1.82) is 0 Å². The van der Waals surface area contributed by atoms with Gasteiger partial charge in [-0.2, -0.15) is 0 Å². The van der Waals surface area contributed by atoms with Crippen molar-refractivity contribution in [3.05, 3.63) is 65.7 Å². The number of nitrogens with one attached hydrogen (secondary N) is 1. The molecule has 0 aliphatic rings. The van der Waals surface area contributed by atoms with E-state index in [1.54, 1.807) is 0 Å². The van der Waals surface area contributed by atoms with Crippen LogP contribution < -0.4 is 10.1 Å². The maximum atomic E-state index is 5.86. The third-order valence-electron chi connectivity index (χ3n) is 4.57. The first-order chi connectivity index (χ1) is 12.0. The summed E-state index contributed by atoms with van der Waals surface area (Å²) in [6.45, 7) is 8.36. The second-order valence-corrected chi connectivity index (χ2v) is 7.27. The van der Waals surface area contributed by atoms with E-state index in [0.717, 1.165) is 38.4 Å². The predicted octanol–water partition coefficient (Wildman–Crippen LogP) is 3.93. The molecule has 0 aliphatic heterocycles. The van der Waals surface area contributed by atoms with Gasteiger partial charge in [-0.05, 0) is 50.3 Å². The van der Waals surface area contributed by atoms with Gasteiger partial charge in [0.15, 0.2) is 0 Å². The van der Waals surface area contributed by atoms with Crippen molar-refractivity contribution in [2.24, 2.45) is 0 Å². The summed E-state index contributed by atoms with van der Waals surface area (Å²) in [7, 11) is 4.18. The van der Waals surface area contributed by atoms with Gasteiger partial charge in [0.25, 0.3) is 0 Å². The zero-order valence-corrected chi connectivity index (χ0v) is 16.1. The molecule has 2 aromatic carbocycles. The second kappa shape index (κ2) is 9.59. The van der Waals surface area contributed by atoms with Crippen LogP contribution in [-0.4, -0.2) is 45.2 Å². The lowest BCUT2D eigenvalue weighted by atomic mass is 9.78. The Labute approximate surface area is 153 Å². The van der Waals surface area contributed by atoms with Gasteiger partial charge in [-0.3, -0.25) is 0 Å². The Hall–Kier alpha value is -1.84. The van der Waals surface area contributed by atoms with Gasteiger partial charge in [0.1, 0.15) is 5.75 Å². The highest BCUT2D eigenvalue weighted by atomic mass is 16.5. The van der Waals surface area contributed by atoms with E-state index in [2.05, 4.69) is 92.8 Å². The minimum atomic E-state index is -0.00382. The van der Waals surface area contributed by atoms with Crippen LogP contribution in [0.15, 0.2) is 54.6 Å². The maximum absolute atomic E-state index is 5.86. The molecular formula is C22H32N2O. The summed E-state index contributed by atoms with van der Waals surface area (Å²) in [6, 6.07) is 19.2. The number of likely N-dealkylation sites (N-methyl/N-ethyl adjacent to an activating group) is 1. The molecule has 0 heterocycles. The molecule has 0 atom stereocenters. The number of benzene rings is 2. The van der Waals surface area contributed by atoms with Crippen LogP contribution in [0.25, 0.3) is 0 Å². The molecule has 2 aromatic rings. The lowest BCUT2D eigenvalue weighted by Crippen LogP contribution is -2.27. The van der Waals surface area contributed by atoms with Crippen LogP contribution >= 0.6 is 0 Å². The topological polar surface area (TPSA) is 24.5 Å². The average Bonchev–Trinajstić information content (AvgIpc) is 2.62. The molecular weight excluding hydrogens is 308 g/mol. The Balaban J connectivity index is 1.78. The van der Waals surface area contributed by atoms with E-state index < -0.39 is 0 Å². The summed E-state index contributed by atoms with van der Waals surface area (Å²) < 4.78 is 5.86. The van der Waals surface area contributed by atoms with Crippen LogP contribution in [-0.2, 0) is 5.41 Å². The first kappa shape index (κ1) is 19.5. The largest absolute Gasteiger partial charge is 0.494 e. The summed E-state index contributed by atoms with van der Waals surface area (Å²) >= 11 is 0. The summed E-state index contributed by atoms with van der Waals surface area (Å²) in [5.41, 5.74) is 2.62. The van der Waals surface area contributed by atoms with Gasteiger partial charge in [0.05, 0.1) is 6.61 Å². The van der Waals surface area contributed by atoms with Gasteiger partial charge in [0.2, 0.25) is 0 Å². The lowest BCUT2D eigenvalue weighted by molar-refractivity contribution is 0.306. The minimum absolute atomic E-state index is 0.00382. The smallest absolute Gasteiger partial charge is 0.119 e. The van der Waals surface area contributed by atoms with Crippen molar-refractivity contribution in [2.75, 3.05) is 40.3 Å². The number of ether oxygens (including phenoxy) is 1. The maximum Gasteiger partial charge on any atom is 0.119 e. The second-order valence-electron chi connectivity index (χ2n) is 7.27. The van der Waals surface area contributed by atoms with E-state index in [4.69, 9.17) is 4.74 Å². The molecule has 3 nitrogen and oxygen atoms in total. The van der Waals surface area contributed by atoms with Gasteiger partial charge in [0, 0.05) is 18.5 Å². The van der Waals surface area contributed by atoms with Crippen LogP contribution in [0.1, 0.15) is 31.4 Å². The van der Waals surface area contributed by atoms with Crippen molar-refractivity contribution in [1.82, 2.24) is 10.2 Å². The highest BCUT2D eigenvalue weighted by Gasteiger charge is 2.22. The Morgan fingerprint density at radius 3 is 2.16 bits per heavy atom. The SMILES string of the molecule is CN(C)CCNCCCOc1ccc(C(C)(C)c2ccccc2)cc1. The summed E-state index contributed by atoms with van der Waals surface area (Å²) in [4.78, 5) is 2.18. The highest BCUT2D eigenvalue weighted by molar-refractivity contribution is 5.39. The molecule has 0 bridgehead atoms. The van der Waals surface area contributed by atoms with Crippen molar-refractivity contribution >= 4 is 0 Å². The summed E-state index contributed by atoms with van der Waals surface area (Å²) in [5, 5.41) is 3.43.